The van der Waals surface area contributed by atoms with Gasteiger partial charge in [0, 0.05) is 25.3 Å². The van der Waals surface area contributed by atoms with E-state index in [1.54, 1.807) is 9.80 Å². The molecule has 8 heteroatoms. The van der Waals surface area contributed by atoms with Crippen LogP contribution in [0.1, 0.15) is 25.8 Å². The largest absolute Gasteiger partial charge is 0.394 e. The van der Waals surface area contributed by atoms with Crippen molar-refractivity contribution >= 4 is 23.4 Å². The first-order valence-corrected chi connectivity index (χ1v) is 14.0. The van der Waals surface area contributed by atoms with Gasteiger partial charge in [-0.05, 0) is 31.0 Å². The summed E-state index contributed by atoms with van der Waals surface area (Å²) in [5.74, 6) is -2.54. The summed E-state index contributed by atoms with van der Waals surface area (Å²) in [7, 11) is 0. The molecule has 0 saturated carbocycles. The molecular weight excluding hydrogens is 506 g/mol. The van der Waals surface area contributed by atoms with Gasteiger partial charge in [-0.15, -0.1) is 0 Å². The second-order valence-corrected chi connectivity index (χ2v) is 11.3. The van der Waals surface area contributed by atoms with Crippen LogP contribution in [-0.4, -0.2) is 75.6 Å². The molecule has 1 N–H and O–H groups in total. The number of para-hydroxylation sites is 1. The molecule has 40 heavy (non-hydrogen) atoms. The first kappa shape index (κ1) is 26.5. The van der Waals surface area contributed by atoms with Crippen LogP contribution in [0.2, 0.25) is 0 Å². The predicted molar refractivity (Wildman–Crippen MR) is 150 cm³/mol. The Morgan fingerprint density at radius 2 is 1.57 bits per heavy atom. The molecule has 0 aliphatic carbocycles. The molecule has 0 bridgehead atoms. The molecule has 3 amide bonds. The molecule has 1 unspecified atom stereocenters. The molecule has 4 aliphatic rings. The first-order valence-electron chi connectivity index (χ1n) is 14.0. The summed E-state index contributed by atoms with van der Waals surface area (Å²) in [6.07, 6.45) is 7.99. The Morgan fingerprint density at radius 3 is 2.25 bits per heavy atom. The van der Waals surface area contributed by atoms with Crippen molar-refractivity contribution in [1.82, 2.24) is 9.80 Å². The molecule has 8 nitrogen and oxygen atoms in total. The van der Waals surface area contributed by atoms with Crippen LogP contribution in [0.5, 0.6) is 0 Å². The lowest BCUT2D eigenvalue weighted by atomic mass is 9.74. The second-order valence-electron chi connectivity index (χ2n) is 11.3. The number of ether oxygens (including phenoxy) is 1. The number of fused-ring (bicyclic) bond motifs is 2. The zero-order valence-corrected chi connectivity index (χ0v) is 22.8. The highest BCUT2D eigenvalue weighted by Crippen LogP contribution is 2.58. The summed E-state index contributed by atoms with van der Waals surface area (Å²) >= 11 is 0. The fraction of sp³-hybridized carbons (Fsp3) is 0.406. The highest BCUT2D eigenvalue weighted by Gasteiger charge is 2.75. The van der Waals surface area contributed by atoms with Crippen LogP contribution >= 0.6 is 0 Å². The Morgan fingerprint density at radius 1 is 0.900 bits per heavy atom. The molecule has 1 spiro atoms. The number of anilines is 1. The topological polar surface area (TPSA) is 90.4 Å². The molecule has 2 aromatic rings. The van der Waals surface area contributed by atoms with Crippen molar-refractivity contribution in [3.05, 3.63) is 90.5 Å². The third-order valence-corrected chi connectivity index (χ3v) is 8.94. The number of benzene rings is 2. The number of amides is 3. The molecule has 6 atom stereocenters. The number of rotatable bonds is 6. The van der Waals surface area contributed by atoms with Gasteiger partial charge < -0.3 is 24.5 Å². The van der Waals surface area contributed by atoms with Gasteiger partial charge in [-0.1, -0.05) is 79.8 Å². The lowest BCUT2D eigenvalue weighted by Crippen LogP contribution is -2.58. The Hall–Kier alpha value is -3.75. The van der Waals surface area contributed by atoms with Crippen LogP contribution in [0.15, 0.2) is 85.0 Å². The summed E-state index contributed by atoms with van der Waals surface area (Å²) in [5.41, 5.74) is -0.723. The van der Waals surface area contributed by atoms with Gasteiger partial charge in [0.1, 0.15) is 11.6 Å². The van der Waals surface area contributed by atoms with Gasteiger partial charge in [-0.25, -0.2) is 0 Å². The van der Waals surface area contributed by atoms with Crippen molar-refractivity contribution in [3.8, 4) is 0 Å². The van der Waals surface area contributed by atoms with E-state index in [1.807, 2.05) is 98.8 Å². The van der Waals surface area contributed by atoms with E-state index in [0.717, 1.165) is 11.3 Å². The maximum atomic E-state index is 14.5. The molecule has 0 aromatic heterocycles. The number of likely N-dealkylation sites (tertiary alicyclic amines) is 1. The highest BCUT2D eigenvalue weighted by molar-refractivity contribution is 6.04. The van der Waals surface area contributed by atoms with Gasteiger partial charge >= 0.3 is 0 Å². The molecule has 6 rings (SSSR count). The minimum absolute atomic E-state index is 0.210. The van der Waals surface area contributed by atoms with E-state index in [-0.39, 0.29) is 24.3 Å². The van der Waals surface area contributed by atoms with Crippen molar-refractivity contribution < 1.29 is 24.2 Å². The van der Waals surface area contributed by atoms with E-state index < -0.39 is 35.1 Å². The molecule has 2 saturated heterocycles. The van der Waals surface area contributed by atoms with Crippen LogP contribution in [0.25, 0.3) is 0 Å². The fourth-order valence-corrected chi connectivity index (χ4v) is 7.10. The van der Waals surface area contributed by atoms with Crippen LogP contribution in [0.4, 0.5) is 5.69 Å². The number of aliphatic hydroxyl groups is 1. The third kappa shape index (κ3) is 3.92. The smallest absolute Gasteiger partial charge is 0.249 e. The Labute approximate surface area is 234 Å². The number of carbonyl (C=O) groups is 3. The van der Waals surface area contributed by atoms with E-state index in [2.05, 4.69) is 0 Å². The van der Waals surface area contributed by atoms with Crippen molar-refractivity contribution in [1.29, 1.82) is 0 Å². The summed E-state index contributed by atoms with van der Waals surface area (Å²) in [6, 6.07) is 17.5. The lowest BCUT2D eigenvalue weighted by Gasteiger charge is -2.40. The van der Waals surface area contributed by atoms with Crippen LogP contribution < -0.4 is 4.90 Å². The SMILES string of the molecule is CC[C@@H](CO)N1C(=O)[C@@H]2[C@H]3C(=O)N(c4ccccc4)CC=C[C@@]3(C)O[C@@]23C=CCN(Cc2ccccc2)C(=O)C13. The standard InChI is InChI=1S/C32H35N3O5/c1-3-23(21-36)35-27-30(39)33(20-22-12-6-4-7-13-22)18-11-17-32(27)26(29(35)38)25-28(37)34(24-14-8-5-9-15-24)19-10-16-31(25,2)40-32/h4-17,23,25-27,36H,3,18-21H2,1-2H3/t23-,25-,26-,27?,31+,32-/m0/s1. The van der Waals surface area contributed by atoms with Crippen molar-refractivity contribution in [2.75, 3.05) is 24.6 Å². The monoisotopic (exact) mass is 541 g/mol. The van der Waals surface area contributed by atoms with E-state index >= 15 is 0 Å². The van der Waals surface area contributed by atoms with E-state index in [9.17, 15) is 19.5 Å². The molecule has 208 valence electrons. The fourth-order valence-electron chi connectivity index (χ4n) is 7.10. The van der Waals surface area contributed by atoms with E-state index in [4.69, 9.17) is 4.74 Å². The maximum Gasteiger partial charge on any atom is 0.249 e. The second kappa shape index (κ2) is 10.0. The summed E-state index contributed by atoms with van der Waals surface area (Å²) in [6.45, 7) is 4.52. The molecule has 2 aromatic carbocycles. The normalized spacial score (nSPS) is 32.0. The number of hydrogen-bond donors (Lipinski definition) is 1. The number of carbonyl (C=O) groups excluding carboxylic acids is 3. The van der Waals surface area contributed by atoms with Crippen LogP contribution in [-0.2, 0) is 25.7 Å². The summed E-state index contributed by atoms with van der Waals surface area (Å²) in [5, 5.41) is 10.3. The number of hydrogen-bond acceptors (Lipinski definition) is 5. The Balaban J connectivity index is 1.46. The van der Waals surface area contributed by atoms with Gasteiger partial charge in [-0.2, -0.15) is 0 Å². The zero-order chi connectivity index (χ0) is 28.1. The molecular formula is C32H35N3O5. The quantitative estimate of drug-likeness (QED) is 0.568. The summed E-state index contributed by atoms with van der Waals surface area (Å²) in [4.78, 5) is 48.2. The van der Waals surface area contributed by atoms with E-state index in [0.29, 0.717) is 26.1 Å². The minimum atomic E-state index is -1.35. The first-order chi connectivity index (χ1) is 19.3. The molecule has 4 heterocycles. The minimum Gasteiger partial charge on any atom is -0.394 e. The van der Waals surface area contributed by atoms with Crippen molar-refractivity contribution in [3.63, 3.8) is 0 Å². The average Bonchev–Trinajstić information content (AvgIpc) is 3.24. The third-order valence-electron chi connectivity index (χ3n) is 8.94. The van der Waals surface area contributed by atoms with Gasteiger partial charge in [0.25, 0.3) is 0 Å². The average molecular weight is 542 g/mol. The zero-order valence-electron chi connectivity index (χ0n) is 22.8. The van der Waals surface area contributed by atoms with Gasteiger partial charge in [-0.3, -0.25) is 14.4 Å². The van der Waals surface area contributed by atoms with Crippen molar-refractivity contribution in [2.45, 2.75) is 50.1 Å². The van der Waals surface area contributed by atoms with Crippen molar-refractivity contribution in [2.24, 2.45) is 11.8 Å². The Kier molecular flexibility index (Phi) is 6.63. The molecule has 4 aliphatic heterocycles. The molecule has 0 radical (unpaired) electrons. The van der Waals surface area contributed by atoms with Gasteiger partial charge in [0.15, 0.2) is 0 Å². The molecule has 2 fully saturated rings. The number of nitrogens with zero attached hydrogens (tertiary/aromatic N) is 3. The number of aliphatic hydroxyl groups excluding tert-OH is 1. The van der Waals surface area contributed by atoms with Gasteiger partial charge in [0.05, 0.1) is 30.1 Å². The summed E-state index contributed by atoms with van der Waals surface area (Å²) < 4.78 is 6.88. The van der Waals surface area contributed by atoms with Crippen LogP contribution in [0, 0.1) is 11.8 Å². The lowest BCUT2D eigenvalue weighted by molar-refractivity contribution is -0.154. The predicted octanol–water partition coefficient (Wildman–Crippen LogP) is 2.93. The highest BCUT2D eigenvalue weighted by atomic mass is 16.5. The van der Waals surface area contributed by atoms with E-state index in [1.165, 1.54) is 4.90 Å². The maximum absolute atomic E-state index is 14.5. The van der Waals surface area contributed by atoms with Crippen LogP contribution in [0.3, 0.4) is 0 Å². The Bertz CT molecular complexity index is 1360. The van der Waals surface area contributed by atoms with Gasteiger partial charge in [0.2, 0.25) is 17.7 Å².